The Morgan fingerprint density at radius 2 is 1.88 bits per heavy atom. The third-order valence-corrected chi connectivity index (χ3v) is 7.29. The van der Waals surface area contributed by atoms with Gasteiger partial charge in [-0.25, -0.2) is 18.7 Å². The standard InChI is InChI=1S/C29H28F2N6O3/c1-17-28(27-22(31)11-19(30)12-24(27)35-29(17)37-5-3-4-26(37)38)34-23-13-25(36-6-8-40-9-7-36)33-16-21(23)18-10-20(39-2)15-32-14-18/h10-16H,3-9H2,1-2H3,(H,33,34,35). The zero-order chi connectivity index (χ0) is 27.8. The highest BCUT2D eigenvalue weighted by atomic mass is 19.1. The lowest BCUT2D eigenvalue weighted by Gasteiger charge is -2.29. The smallest absolute Gasteiger partial charge is 0.228 e. The van der Waals surface area contributed by atoms with Gasteiger partial charge in [0.05, 0.1) is 48.8 Å². The summed E-state index contributed by atoms with van der Waals surface area (Å²) < 4.78 is 40.6. The molecule has 1 amide bonds. The van der Waals surface area contributed by atoms with Crippen LogP contribution in [-0.4, -0.2) is 60.8 Å². The highest BCUT2D eigenvalue weighted by molar-refractivity contribution is 6.03. The topological polar surface area (TPSA) is 92.7 Å². The summed E-state index contributed by atoms with van der Waals surface area (Å²) in [4.78, 5) is 29.9. The fourth-order valence-electron chi connectivity index (χ4n) is 5.24. The molecule has 0 atom stereocenters. The van der Waals surface area contributed by atoms with Crippen molar-refractivity contribution in [3.8, 4) is 16.9 Å². The van der Waals surface area contributed by atoms with Crippen LogP contribution in [0.4, 0.5) is 31.8 Å². The second kappa shape index (κ2) is 10.6. The molecule has 1 aromatic carbocycles. The maximum absolute atomic E-state index is 15.4. The molecule has 0 unspecified atom stereocenters. The van der Waals surface area contributed by atoms with Crippen molar-refractivity contribution < 1.29 is 23.0 Å². The first-order chi connectivity index (χ1) is 19.4. The van der Waals surface area contributed by atoms with Crippen LogP contribution in [0.15, 0.2) is 42.9 Å². The number of hydrogen-bond donors (Lipinski definition) is 1. The number of amides is 1. The Morgan fingerprint density at radius 3 is 2.62 bits per heavy atom. The molecule has 0 bridgehead atoms. The molecule has 2 aliphatic heterocycles. The Morgan fingerprint density at radius 1 is 1.05 bits per heavy atom. The lowest BCUT2D eigenvalue weighted by Crippen LogP contribution is -2.36. The van der Waals surface area contributed by atoms with Crippen molar-refractivity contribution in [2.45, 2.75) is 19.8 Å². The number of carbonyl (C=O) groups is 1. The van der Waals surface area contributed by atoms with Gasteiger partial charge in [0.2, 0.25) is 5.91 Å². The largest absolute Gasteiger partial charge is 0.495 e. The summed E-state index contributed by atoms with van der Waals surface area (Å²) in [5.74, 6) is 0.117. The van der Waals surface area contributed by atoms with Gasteiger partial charge >= 0.3 is 0 Å². The lowest BCUT2D eigenvalue weighted by molar-refractivity contribution is -0.117. The Labute approximate surface area is 229 Å². The first kappa shape index (κ1) is 25.9. The Balaban J connectivity index is 1.55. The number of carbonyl (C=O) groups excluding carboxylic acids is 1. The fourth-order valence-corrected chi connectivity index (χ4v) is 5.24. The number of aromatic nitrogens is 3. The summed E-state index contributed by atoms with van der Waals surface area (Å²) in [7, 11) is 1.56. The van der Waals surface area contributed by atoms with Crippen molar-refractivity contribution in [3.63, 3.8) is 0 Å². The van der Waals surface area contributed by atoms with Crippen LogP contribution >= 0.6 is 0 Å². The number of benzene rings is 1. The summed E-state index contributed by atoms with van der Waals surface area (Å²) in [6.45, 7) is 4.81. The highest BCUT2D eigenvalue weighted by Gasteiger charge is 2.28. The van der Waals surface area contributed by atoms with E-state index in [1.807, 2.05) is 12.1 Å². The molecule has 0 aliphatic carbocycles. The van der Waals surface area contributed by atoms with Crippen LogP contribution < -0.4 is 19.9 Å². The quantitative estimate of drug-likeness (QED) is 0.362. The summed E-state index contributed by atoms with van der Waals surface area (Å²) in [6.07, 6.45) is 6.14. The first-order valence-corrected chi connectivity index (χ1v) is 13.1. The van der Waals surface area contributed by atoms with E-state index in [0.29, 0.717) is 79.8 Å². The molecule has 0 spiro atoms. The first-order valence-electron chi connectivity index (χ1n) is 13.1. The zero-order valence-corrected chi connectivity index (χ0v) is 22.2. The predicted octanol–water partition coefficient (Wildman–Crippen LogP) is 4.99. The second-order valence-corrected chi connectivity index (χ2v) is 9.79. The van der Waals surface area contributed by atoms with Crippen molar-refractivity contribution >= 4 is 39.8 Å². The van der Waals surface area contributed by atoms with Gasteiger partial charge in [0.25, 0.3) is 0 Å². The van der Waals surface area contributed by atoms with Gasteiger partial charge in [0, 0.05) is 73.3 Å². The molecule has 6 rings (SSSR count). The van der Waals surface area contributed by atoms with Crippen LogP contribution in [-0.2, 0) is 9.53 Å². The number of nitrogens with zero attached hydrogens (tertiary/aromatic N) is 5. The molecule has 11 heteroatoms. The monoisotopic (exact) mass is 546 g/mol. The minimum Gasteiger partial charge on any atom is -0.495 e. The molecule has 206 valence electrons. The predicted molar refractivity (Wildman–Crippen MR) is 148 cm³/mol. The maximum Gasteiger partial charge on any atom is 0.228 e. The normalized spacial score (nSPS) is 15.7. The van der Waals surface area contributed by atoms with E-state index in [4.69, 9.17) is 14.5 Å². The minimum absolute atomic E-state index is 0.0700. The molecule has 0 radical (unpaired) electrons. The number of hydrogen-bond acceptors (Lipinski definition) is 8. The van der Waals surface area contributed by atoms with Gasteiger partial charge in [-0.3, -0.25) is 14.7 Å². The van der Waals surface area contributed by atoms with Crippen molar-refractivity contribution in [3.05, 3.63) is 60.1 Å². The van der Waals surface area contributed by atoms with E-state index >= 15 is 4.39 Å². The van der Waals surface area contributed by atoms with Gasteiger partial charge in [-0.05, 0) is 19.4 Å². The number of fused-ring (bicyclic) bond motifs is 1. The third-order valence-electron chi connectivity index (χ3n) is 7.29. The van der Waals surface area contributed by atoms with Crippen LogP contribution in [0, 0.1) is 18.6 Å². The van der Waals surface area contributed by atoms with E-state index in [-0.39, 0.29) is 16.8 Å². The number of anilines is 4. The van der Waals surface area contributed by atoms with E-state index in [2.05, 4.69) is 20.2 Å². The van der Waals surface area contributed by atoms with Gasteiger partial charge in [-0.1, -0.05) is 0 Å². The Bertz CT molecular complexity index is 1610. The molecule has 4 aromatic rings. The second-order valence-electron chi connectivity index (χ2n) is 9.79. The van der Waals surface area contributed by atoms with Crippen molar-refractivity contribution in [2.24, 2.45) is 0 Å². The summed E-state index contributed by atoms with van der Waals surface area (Å²) in [5.41, 5.74) is 3.16. The number of ether oxygens (including phenoxy) is 2. The number of methoxy groups -OCH3 is 1. The van der Waals surface area contributed by atoms with Gasteiger partial charge in [0.1, 0.15) is 29.0 Å². The summed E-state index contributed by atoms with van der Waals surface area (Å²) in [5, 5.41) is 3.56. The molecule has 2 fully saturated rings. The maximum atomic E-state index is 15.4. The van der Waals surface area contributed by atoms with E-state index < -0.39 is 11.6 Å². The zero-order valence-electron chi connectivity index (χ0n) is 22.2. The molecule has 0 saturated carbocycles. The molecule has 3 aromatic heterocycles. The van der Waals surface area contributed by atoms with Crippen LogP contribution in [0.25, 0.3) is 22.0 Å². The highest BCUT2D eigenvalue weighted by Crippen LogP contribution is 2.40. The molecule has 5 heterocycles. The molecule has 9 nitrogen and oxygen atoms in total. The molecular weight excluding hydrogens is 518 g/mol. The van der Waals surface area contributed by atoms with Crippen LogP contribution in [0.3, 0.4) is 0 Å². The third kappa shape index (κ3) is 4.77. The number of halogens is 2. The number of morpholine rings is 1. The van der Waals surface area contributed by atoms with Crippen LogP contribution in [0.5, 0.6) is 5.75 Å². The molecule has 2 aliphatic rings. The molecule has 2 saturated heterocycles. The summed E-state index contributed by atoms with van der Waals surface area (Å²) in [6, 6.07) is 5.76. The van der Waals surface area contributed by atoms with Crippen LogP contribution in [0.1, 0.15) is 18.4 Å². The van der Waals surface area contributed by atoms with Crippen molar-refractivity contribution in [1.82, 2.24) is 15.0 Å². The van der Waals surface area contributed by atoms with Crippen molar-refractivity contribution in [1.29, 1.82) is 0 Å². The average Bonchev–Trinajstić information content (AvgIpc) is 3.40. The van der Waals surface area contributed by atoms with Gasteiger partial charge < -0.3 is 19.7 Å². The van der Waals surface area contributed by atoms with Crippen LogP contribution in [0.2, 0.25) is 0 Å². The Hall–Kier alpha value is -4.38. The van der Waals surface area contributed by atoms with E-state index in [1.165, 1.54) is 6.07 Å². The molecular formula is C29H28F2N6O3. The number of rotatable bonds is 6. The van der Waals surface area contributed by atoms with Gasteiger partial charge in [-0.2, -0.15) is 0 Å². The van der Waals surface area contributed by atoms with E-state index in [0.717, 1.165) is 17.4 Å². The SMILES string of the molecule is COc1cncc(-c2cnc(N3CCOCC3)cc2Nc2c(C)c(N3CCCC3=O)nc3cc(F)cc(F)c23)c1. The molecule has 1 N–H and O–H groups in total. The van der Waals surface area contributed by atoms with Gasteiger partial charge in [-0.15, -0.1) is 0 Å². The lowest BCUT2D eigenvalue weighted by atomic mass is 10.0. The van der Waals surface area contributed by atoms with E-state index in [1.54, 1.807) is 37.5 Å². The fraction of sp³-hybridized carbons (Fsp3) is 0.310. The Kier molecular flexibility index (Phi) is 6.89. The van der Waals surface area contributed by atoms with Gasteiger partial charge in [0.15, 0.2) is 0 Å². The summed E-state index contributed by atoms with van der Waals surface area (Å²) >= 11 is 0. The number of nitrogens with one attached hydrogen (secondary N) is 1. The minimum atomic E-state index is -0.751. The number of pyridine rings is 3. The van der Waals surface area contributed by atoms with Crippen molar-refractivity contribution in [2.75, 3.05) is 55.1 Å². The van der Waals surface area contributed by atoms with E-state index in [9.17, 15) is 9.18 Å². The average molecular weight is 547 g/mol. The molecule has 40 heavy (non-hydrogen) atoms.